The maximum Gasteiger partial charge on any atom is 0.143 e. The number of nitrogens with zero attached hydrogens (tertiary/aromatic N) is 2. The van der Waals surface area contributed by atoms with Gasteiger partial charge in [0.05, 0.1) is 6.20 Å². The van der Waals surface area contributed by atoms with Crippen LogP contribution in [-0.4, -0.2) is 42.8 Å². The first-order valence-corrected chi connectivity index (χ1v) is 6.30. The van der Waals surface area contributed by atoms with Crippen LogP contribution in [0.5, 0.6) is 0 Å². The minimum atomic E-state index is 0.681. The summed E-state index contributed by atoms with van der Waals surface area (Å²) in [5.41, 5.74) is 1.33. The average Bonchev–Trinajstić information content (AvgIpc) is 3.07. The van der Waals surface area contributed by atoms with Crippen molar-refractivity contribution in [3.05, 3.63) is 17.5 Å². The van der Waals surface area contributed by atoms with Crippen LogP contribution in [0, 0.1) is 0 Å². The summed E-state index contributed by atoms with van der Waals surface area (Å²) in [5, 5.41) is 7.32. The highest BCUT2D eigenvalue weighted by Crippen LogP contribution is 2.41. The first kappa shape index (κ1) is 10.3. The van der Waals surface area contributed by atoms with Gasteiger partial charge in [0, 0.05) is 44.2 Å². The summed E-state index contributed by atoms with van der Waals surface area (Å²) in [5.74, 6) is 1.84. The molecule has 0 bridgehead atoms. The zero-order valence-electron chi connectivity index (χ0n) is 9.61. The number of hydrogen-bond donors (Lipinski definition) is 1. The number of rotatable bonds is 4. The lowest BCUT2D eigenvalue weighted by atomic mass is 10.1. The van der Waals surface area contributed by atoms with Gasteiger partial charge >= 0.3 is 0 Å². The summed E-state index contributed by atoms with van der Waals surface area (Å²) in [6.45, 7) is 5.73. The number of aromatic nitrogens is 1. The van der Waals surface area contributed by atoms with Crippen molar-refractivity contribution in [1.82, 2.24) is 15.4 Å². The molecule has 2 fully saturated rings. The summed E-state index contributed by atoms with van der Waals surface area (Å²) in [6.07, 6.45) is 5.58. The third kappa shape index (κ3) is 2.28. The first-order valence-electron chi connectivity index (χ1n) is 6.30. The predicted octanol–water partition coefficient (Wildman–Crippen LogP) is 1.000. The van der Waals surface area contributed by atoms with E-state index in [1.54, 1.807) is 0 Å². The van der Waals surface area contributed by atoms with E-state index >= 15 is 0 Å². The van der Waals surface area contributed by atoms with Crippen molar-refractivity contribution >= 4 is 0 Å². The number of hydrogen-bond acceptors (Lipinski definition) is 4. The molecule has 0 radical (unpaired) electrons. The molecule has 2 aliphatic rings. The fourth-order valence-electron chi connectivity index (χ4n) is 2.35. The molecule has 1 aromatic rings. The van der Waals surface area contributed by atoms with Crippen LogP contribution in [0.1, 0.15) is 30.1 Å². The predicted molar refractivity (Wildman–Crippen MR) is 61.5 cm³/mol. The first-order chi connectivity index (χ1) is 7.93. The van der Waals surface area contributed by atoms with Gasteiger partial charge < -0.3 is 14.7 Å². The van der Waals surface area contributed by atoms with Gasteiger partial charge in [-0.3, -0.25) is 0 Å². The lowest BCUT2D eigenvalue weighted by Crippen LogP contribution is -2.44. The third-order valence-corrected chi connectivity index (χ3v) is 3.53. The second-order valence-corrected chi connectivity index (χ2v) is 4.83. The molecule has 0 atom stereocenters. The smallest absolute Gasteiger partial charge is 0.143 e. The quantitative estimate of drug-likeness (QED) is 0.823. The van der Waals surface area contributed by atoms with Crippen LogP contribution in [0.2, 0.25) is 0 Å². The summed E-state index contributed by atoms with van der Waals surface area (Å²) < 4.78 is 5.35. The Labute approximate surface area is 96.0 Å². The van der Waals surface area contributed by atoms with Crippen LogP contribution < -0.4 is 5.32 Å². The van der Waals surface area contributed by atoms with Gasteiger partial charge in [-0.1, -0.05) is 5.16 Å². The lowest BCUT2D eigenvalue weighted by molar-refractivity contribution is 0.243. The molecule has 4 nitrogen and oxygen atoms in total. The average molecular weight is 221 g/mol. The van der Waals surface area contributed by atoms with Crippen molar-refractivity contribution in [2.45, 2.75) is 25.2 Å². The molecule has 4 heteroatoms. The molecule has 0 unspecified atom stereocenters. The Kier molecular flexibility index (Phi) is 2.93. The zero-order chi connectivity index (χ0) is 10.8. The van der Waals surface area contributed by atoms with Gasteiger partial charge in [0.2, 0.25) is 0 Å². The topological polar surface area (TPSA) is 41.3 Å². The Balaban J connectivity index is 1.54. The van der Waals surface area contributed by atoms with Crippen molar-refractivity contribution in [1.29, 1.82) is 0 Å². The summed E-state index contributed by atoms with van der Waals surface area (Å²) >= 11 is 0. The van der Waals surface area contributed by atoms with Crippen molar-refractivity contribution in [3.8, 4) is 0 Å². The van der Waals surface area contributed by atoms with Crippen LogP contribution in [0.3, 0.4) is 0 Å². The Hall–Kier alpha value is -0.870. The minimum Gasteiger partial charge on any atom is -0.361 e. The Morgan fingerprint density at radius 1 is 1.38 bits per heavy atom. The molecule has 1 saturated heterocycles. The van der Waals surface area contributed by atoms with Crippen LogP contribution in [0.25, 0.3) is 0 Å². The molecular weight excluding hydrogens is 202 g/mol. The van der Waals surface area contributed by atoms with Gasteiger partial charge in [-0.25, -0.2) is 0 Å². The third-order valence-electron chi connectivity index (χ3n) is 3.53. The molecule has 0 aromatic carbocycles. The van der Waals surface area contributed by atoms with Crippen LogP contribution in [0.15, 0.2) is 10.7 Å². The molecule has 1 N–H and O–H groups in total. The highest BCUT2D eigenvalue weighted by Gasteiger charge is 2.30. The molecule has 1 aromatic heterocycles. The van der Waals surface area contributed by atoms with Gasteiger partial charge in [0.1, 0.15) is 5.76 Å². The molecular formula is C12H19N3O. The molecule has 0 spiro atoms. The second kappa shape index (κ2) is 4.55. The molecule has 16 heavy (non-hydrogen) atoms. The van der Waals surface area contributed by atoms with Crippen molar-refractivity contribution < 1.29 is 4.52 Å². The molecule has 1 saturated carbocycles. The molecule has 2 heterocycles. The highest BCUT2D eigenvalue weighted by molar-refractivity contribution is 5.21. The summed E-state index contributed by atoms with van der Waals surface area (Å²) in [4.78, 5) is 2.51. The molecule has 3 rings (SSSR count). The maximum absolute atomic E-state index is 5.35. The van der Waals surface area contributed by atoms with E-state index in [4.69, 9.17) is 4.52 Å². The lowest BCUT2D eigenvalue weighted by Gasteiger charge is -2.26. The monoisotopic (exact) mass is 221 g/mol. The van der Waals surface area contributed by atoms with Crippen molar-refractivity contribution in [2.75, 3.05) is 32.7 Å². The van der Waals surface area contributed by atoms with Gasteiger partial charge in [-0.2, -0.15) is 0 Å². The Bertz CT molecular complexity index is 340. The Morgan fingerprint density at radius 3 is 2.94 bits per heavy atom. The van der Waals surface area contributed by atoms with Gasteiger partial charge in [-0.05, 0) is 19.3 Å². The van der Waals surface area contributed by atoms with Crippen molar-refractivity contribution in [2.24, 2.45) is 0 Å². The van der Waals surface area contributed by atoms with Gasteiger partial charge in [-0.15, -0.1) is 0 Å². The van der Waals surface area contributed by atoms with E-state index in [-0.39, 0.29) is 0 Å². The zero-order valence-corrected chi connectivity index (χ0v) is 9.61. The molecule has 1 aliphatic carbocycles. The standard InChI is InChI=1S/C12H19N3O/c1-2-10(1)12-11(9-14-16-12)3-6-15-7-4-13-5-8-15/h9-10,13H,1-8H2. The van der Waals surface area contributed by atoms with Crippen molar-refractivity contribution in [3.63, 3.8) is 0 Å². The molecule has 1 aliphatic heterocycles. The normalized spacial score (nSPS) is 22.5. The number of nitrogens with one attached hydrogen (secondary N) is 1. The fourth-order valence-corrected chi connectivity index (χ4v) is 2.35. The van der Waals surface area contributed by atoms with E-state index in [0.717, 1.165) is 31.8 Å². The maximum atomic E-state index is 5.35. The highest BCUT2D eigenvalue weighted by atomic mass is 16.5. The Morgan fingerprint density at radius 2 is 2.19 bits per heavy atom. The summed E-state index contributed by atoms with van der Waals surface area (Å²) in [6, 6.07) is 0. The van der Waals surface area contributed by atoms with E-state index in [2.05, 4.69) is 15.4 Å². The van der Waals surface area contributed by atoms with E-state index in [9.17, 15) is 0 Å². The van der Waals surface area contributed by atoms with Gasteiger partial charge in [0.25, 0.3) is 0 Å². The van der Waals surface area contributed by atoms with Gasteiger partial charge in [0.15, 0.2) is 0 Å². The largest absolute Gasteiger partial charge is 0.361 e. The van der Waals surface area contributed by atoms with E-state index in [1.165, 1.54) is 31.5 Å². The van der Waals surface area contributed by atoms with E-state index < -0.39 is 0 Å². The SMILES string of the molecule is c1noc(C2CC2)c1CCN1CCNCC1. The van der Waals surface area contributed by atoms with Crippen LogP contribution >= 0.6 is 0 Å². The summed E-state index contributed by atoms with van der Waals surface area (Å²) in [7, 11) is 0. The van der Waals surface area contributed by atoms with E-state index in [0.29, 0.717) is 5.92 Å². The molecule has 88 valence electrons. The second-order valence-electron chi connectivity index (χ2n) is 4.83. The number of piperazine rings is 1. The fraction of sp³-hybridized carbons (Fsp3) is 0.750. The molecule has 0 amide bonds. The van der Waals surface area contributed by atoms with Crippen LogP contribution in [-0.2, 0) is 6.42 Å². The van der Waals surface area contributed by atoms with E-state index in [1.807, 2.05) is 6.20 Å². The minimum absolute atomic E-state index is 0.681. The van der Waals surface area contributed by atoms with Crippen LogP contribution in [0.4, 0.5) is 0 Å².